The minimum Gasteiger partial charge on any atom is -0.383 e. The first-order chi connectivity index (χ1) is 13.5. The van der Waals surface area contributed by atoms with E-state index in [2.05, 4.69) is 4.99 Å². The van der Waals surface area contributed by atoms with Gasteiger partial charge in [0, 0.05) is 20.2 Å². The number of benzene rings is 1. The third kappa shape index (κ3) is 4.75. The summed E-state index contributed by atoms with van der Waals surface area (Å²) in [6, 6.07) is 3.59. The number of rotatable bonds is 6. The van der Waals surface area contributed by atoms with E-state index in [1.807, 2.05) is 0 Å². The van der Waals surface area contributed by atoms with Gasteiger partial charge in [0.2, 0.25) is 20.0 Å². The number of aromatic nitrogens is 1. The van der Waals surface area contributed by atoms with E-state index in [-0.39, 0.29) is 4.90 Å². The Labute approximate surface area is 172 Å². The van der Waals surface area contributed by atoms with E-state index >= 15 is 0 Å². The van der Waals surface area contributed by atoms with Crippen molar-refractivity contribution in [1.82, 2.24) is 8.87 Å². The highest BCUT2D eigenvalue weighted by Gasteiger charge is 2.36. The number of thiazole rings is 1. The van der Waals surface area contributed by atoms with Gasteiger partial charge < -0.3 is 9.30 Å². The minimum absolute atomic E-state index is 0.0398. The van der Waals surface area contributed by atoms with Crippen LogP contribution in [0.4, 0.5) is 0 Å². The van der Waals surface area contributed by atoms with Crippen LogP contribution >= 0.6 is 11.3 Å². The molecule has 2 heterocycles. The van der Waals surface area contributed by atoms with Crippen molar-refractivity contribution in [3.05, 3.63) is 23.0 Å². The van der Waals surface area contributed by atoms with Crippen molar-refractivity contribution in [2.24, 2.45) is 10.1 Å². The molecule has 0 saturated carbocycles. The SMILES string of the molecule is COCCn1c(=NC(=O)C2CCCN2S(C)(=O)=O)sc2cc(S(N)(=O)=O)ccc21. The third-order valence-electron chi connectivity index (χ3n) is 4.62. The summed E-state index contributed by atoms with van der Waals surface area (Å²) >= 11 is 1.13. The van der Waals surface area contributed by atoms with Crippen LogP contribution in [-0.4, -0.2) is 64.2 Å². The number of methoxy groups -OCH3 is 1. The summed E-state index contributed by atoms with van der Waals surface area (Å²) in [5.41, 5.74) is 0.678. The van der Waals surface area contributed by atoms with Gasteiger partial charge in [0.25, 0.3) is 5.91 Å². The van der Waals surface area contributed by atoms with Crippen LogP contribution in [0.3, 0.4) is 0 Å². The molecule has 3 rings (SSSR count). The lowest BCUT2D eigenvalue weighted by Crippen LogP contribution is -2.40. The van der Waals surface area contributed by atoms with E-state index in [1.165, 1.54) is 16.4 Å². The zero-order chi connectivity index (χ0) is 21.4. The number of sulfonamides is 2. The molecular weight excluding hydrogens is 440 g/mol. The highest BCUT2D eigenvalue weighted by molar-refractivity contribution is 7.89. The first-order valence-electron chi connectivity index (χ1n) is 8.73. The van der Waals surface area contributed by atoms with Gasteiger partial charge in [-0.3, -0.25) is 4.79 Å². The molecule has 0 radical (unpaired) electrons. The molecule has 10 nitrogen and oxygen atoms in total. The smallest absolute Gasteiger partial charge is 0.266 e. The molecule has 0 bridgehead atoms. The molecular formula is C16H22N4O6S3. The van der Waals surface area contributed by atoms with Gasteiger partial charge in [-0.15, -0.1) is 0 Å². The molecule has 1 aromatic heterocycles. The third-order valence-corrected chi connectivity index (χ3v) is 7.86. The van der Waals surface area contributed by atoms with Gasteiger partial charge in [0.05, 0.1) is 28.0 Å². The number of primary sulfonamides is 1. The highest BCUT2D eigenvalue weighted by atomic mass is 32.2. The normalized spacial score (nSPS) is 19.3. The van der Waals surface area contributed by atoms with Gasteiger partial charge in [-0.05, 0) is 31.0 Å². The Bertz CT molecular complexity index is 1210. The van der Waals surface area contributed by atoms with Crippen LogP contribution in [0.5, 0.6) is 0 Å². The van der Waals surface area contributed by atoms with Crippen LogP contribution in [0.15, 0.2) is 28.1 Å². The lowest BCUT2D eigenvalue weighted by molar-refractivity contribution is -0.121. The van der Waals surface area contributed by atoms with Gasteiger partial charge in [-0.25, -0.2) is 22.0 Å². The fourth-order valence-corrected chi connectivity index (χ4v) is 6.10. The Morgan fingerprint density at radius 2 is 2.07 bits per heavy atom. The second-order valence-corrected chi connectivity index (χ2v) is 11.2. The molecule has 160 valence electrons. The van der Waals surface area contributed by atoms with Gasteiger partial charge >= 0.3 is 0 Å². The molecule has 1 fully saturated rings. The number of nitrogens with zero attached hydrogens (tertiary/aromatic N) is 3. The molecule has 1 atom stereocenters. The molecule has 1 amide bonds. The van der Waals surface area contributed by atoms with Crippen LogP contribution in [-0.2, 0) is 36.1 Å². The van der Waals surface area contributed by atoms with Crippen LogP contribution < -0.4 is 9.94 Å². The second-order valence-electron chi connectivity index (χ2n) is 6.69. The first-order valence-corrected chi connectivity index (χ1v) is 12.9. The number of carbonyl (C=O) groups is 1. The van der Waals surface area contributed by atoms with E-state index in [9.17, 15) is 21.6 Å². The average molecular weight is 463 g/mol. The first kappa shape index (κ1) is 22.1. The van der Waals surface area contributed by atoms with Gasteiger partial charge in [0.15, 0.2) is 4.80 Å². The molecule has 13 heteroatoms. The Morgan fingerprint density at radius 1 is 1.34 bits per heavy atom. The molecule has 2 N–H and O–H groups in total. The van der Waals surface area contributed by atoms with E-state index < -0.39 is 32.0 Å². The van der Waals surface area contributed by atoms with Gasteiger partial charge in [-0.1, -0.05) is 11.3 Å². The Balaban J connectivity index is 2.10. The quantitative estimate of drug-likeness (QED) is 0.633. The summed E-state index contributed by atoms with van der Waals surface area (Å²) < 4.78 is 55.7. The summed E-state index contributed by atoms with van der Waals surface area (Å²) in [5.74, 6) is -0.544. The zero-order valence-electron chi connectivity index (χ0n) is 15.9. The Hall–Kier alpha value is -1.64. The fraction of sp³-hybridized carbons (Fsp3) is 0.500. The van der Waals surface area contributed by atoms with Crippen molar-refractivity contribution in [3.63, 3.8) is 0 Å². The predicted octanol–water partition coefficient (Wildman–Crippen LogP) is -0.152. The van der Waals surface area contributed by atoms with Crippen LogP contribution in [0.25, 0.3) is 10.2 Å². The number of hydrogen-bond donors (Lipinski definition) is 1. The van der Waals surface area contributed by atoms with Crippen LogP contribution in [0.2, 0.25) is 0 Å². The van der Waals surface area contributed by atoms with E-state index in [0.717, 1.165) is 17.6 Å². The van der Waals surface area contributed by atoms with Crippen molar-refractivity contribution < 1.29 is 26.4 Å². The van der Waals surface area contributed by atoms with Gasteiger partial charge in [0.1, 0.15) is 6.04 Å². The molecule has 1 aromatic carbocycles. The zero-order valence-corrected chi connectivity index (χ0v) is 18.4. The second kappa shape index (κ2) is 8.24. The molecule has 1 saturated heterocycles. The monoisotopic (exact) mass is 462 g/mol. The van der Waals surface area contributed by atoms with Crippen molar-refractivity contribution in [1.29, 1.82) is 0 Å². The lowest BCUT2D eigenvalue weighted by Gasteiger charge is -2.18. The van der Waals surface area contributed by atoms with Gasteiger partial charge in [-0.2, -0.15) is 9.30 Å². The van der Waals surface area contributed by atoms with E-state index in [0.29, 0.717) is 47.6 Å². The van der Waals surface area contributed by atoms with E-state index in [4.69, 9.17) is 9.88 Å². The Kier molecular flexibility index (Phi) is 6.27. The van der Waals surface area contributed by atoms with Crippen LogP contribution in [0, 0.1) is 0 Å². The molecule has 1 unspecified atom stereocenters. The Morgan fingerprint density at radius 3 is 2.69 bits per heavy atom. The summed E-state index contributed by atoms with van der Waals surface area (Å²) in [6.07, 6.45) is 2.08. The minimum atomic E-state index is -3.87. The summed E-state index contributed by atoms with van der Waals surface area (Å²) in [5, 5.41) is 5.20. The van der Waals surface area contributed by atoms with Crippen molar-refractivity contribution in [2.45, 2.75) is 30.3 Å². The average Bonchev–Trinajstić information content (AvgIpc) is 3.23. The van der Waals surface area contributed by atoms with Crippen LogP contribution in [0.1, 0.15) is 12.8 Å². The molecule has 1 aliphatic heterocycles. The maximum Gasteiger partial charge on any atom is 0.266 e. The summed E-state index contributed by atoms with van der Waals surface area (Å²) in [4.78, 5) is 17.3. The molecule has 0 spiro atoms. The van der Waals surface area contributed by atoms with Crippen molar-refractivity contribution in [2.75, 3.05) is 26.5 Å². The number of carbonyl (C=O) groups excluding carboxylic acids is 1. The summed E-state index contributed by atoms with van der Waals surface area (Å²) in [7, 11) is -5.84. The predicted molar refractivity (Wildman–Crippen MR) is 108 cm³/mol. The molecule has 0 aliphatic carbocycles. The van der Waals surface area contributed by atoms with E-state index in [1.54, 1.807) is 17.7 Å². The largest absolute Gasteiger partial charge is 0.383 e. The maximum absolute atomic E-state index is 12.8. The fourth-order valence-electron chi connectivity index (χ4n) is 3.27. The lowest BCUT2D eigenvalue weighted by atomic mass is 10.2. The number of nitrogens with two attached hydrogens (primary N) is 1. The number of fused-ring (bicyclic) bond motifs is 1. The molecule has 2 aromatic rings. The maximum atomic E-state index is 12.8. The van der Waals surface area contributed by atoms with Crippen molar-refractivity contribution in [3.8, 4) is 0 Å². The molecule has 1 aliphatic rings. The standard InChI is InChI=1S/C16H22N4O6S3/c1-26-9-8-19-12-6-5-11(29(17,24)25)10-14(12)27-16(19)18-15(21)13-4-3-7-20(13)28(2,22)23/h5-6,10,13H,3-4,7-9H2,1-2H3,(H2,17,24,25). The van der Waals surface area contributed by atoms with Crippen molar-refractivity contribution >= 4 is 47.5 Å². The summed E-state index contributed by atoms with van der Waals surface area (Å²) in [6.45, 7) is 1.03. The highest BCUT2D eigenvalue weighted by Crippen LogP contribution is 2.23. The number of ether oxygens (including phenoxy) is 1. The molecule has 29 heavy (non-hydrogen) atoms. The topological polar surface area (TPSA) is 141 Å². The number of hydrogen-bond acceptors (Lipinski definition) is 7. The number of amides is 1.